The minimum atomic E-state index is 0.0326. The van der Waals surface area contributed by atoms with Crippen LogP contribution in [0.3, 0.4) is 0 Å². The predicted octanol–water partition coefficient (Wildman–Crippen LogP) is 5.00. The van der Waals surface area contributed by atoms with E-state index < -0.39 is 0 Å². The minimum Gasteiger partial charge on any atom is -0.263 e. The van der Waals surface area contributed by atoms with Crippen LogP contribution in [0.1, 0.15) is 23.4 Å². The number of halogens is 2. The lowest BCUT2D eigenvalue weighted by Gasteiger charge is -2.18. The number of hydrogen-bond acceptors (Lipinski definition) is 1. The van der Waals surface area contributed by atoms with Crippen LogP contribution in [0.2, 0.25) is 0 Å². The van der Waals surface area contributed by atoms with E-state index in [4.69, 9.17) is 11.6 Å². The van der Waals surface area contributed by atoms with Gasteiger partial charge in [0.25, 0.3) is 0 Å². The van der Waals surface area contributed by atoms with E-state index in [-0.39, 0.29) is 5.38 Å². The number of alkyl halides is 1. The molecule has 0 amide bonds. The fraction of sp³-hybridized carbons (Fsp3) is 0.267. The second kappa shape index (κ2) is 6.35. The first-order valence-corrected chi connectivity index (χ1v) is 7.18. The normalized spacial score (nSPS) is 14.2. The molecule has 1 heterocycles. The summed E-state index contributed by atoms with van der Waals surface area (Å²) in [6.07, 6.45) is 4.62. The quantitative estimate of drug-likeness (QED) is 0.721. The van der Waals surface area contributed by atoms with Crippen molar-refractivity contribution in [3.63, 3.8) is 0 Å². The second-order valence-corrected chi connectivity index (χ2v) is 5.89. The first-order valence-electron chi connectivity index (χ1n) is 5.95. The average molecular weight is 325 g/mol. The maximum atomic E-state index is 6.51. The molecule has 94 valence electrons. The van der Waals surface area contributed by atoms with Gasteiger partial charge in [-0.1, -0.05) is 37.3 Å². The number of pyridine rings is 1. The molecule has 2 unspecified atom stereocenters. The molecule has 0 aliphatic rings. The van der Waals surface area contributed by atoms with Crippen LogP contribution in [0.25, 0.3) is 0 Å². The fourth-order valence-electron chi connectivity index (χ4n) is 2.01. The standard InChI is InChI=1S/C15H15BrClN/c1-11(7-12-8-14(16)10-18-9-12)15(17)13-5-3-2-4-6-13/h2-6,8-11,15H,7H2,1H3. The summed E-state index contributed by atoms with van der Waals surface area (Å²) in [4.78, 5) is 4.18. The van der Waals surface area contributed by atoms with Crippen LogP contribution >= 0.6 is 27.5 Å². The lowest BCUT2D eigenvalue weighted by atomic mass is 9.94. The largest absolute Gasteiger partial charge is 0.263 e. The van der Waals surface area contributed by atoms with Gasteiger partial charge in [0.2, 0.25) is 0 Å². The number of nitrogens with zero attached hydrogens (tertiary/aromatic N) is 1. The molecular weight excluding hydrogens is 310 g/mol. The van der Waals surface area contributed by atoms with Crippen LogP contribution in [0.15, 0.2) is 53.3 Å². The Morgan fingerprint density at radius 3 is 2.61 bits per heavy atom. The summed E-state index contributed by atoms with van der Waals surface area (Å²) in [6.45, 7) is 2.17. The monoisotopic (exact) mass is 323 g/mol. The van der Waals surface area contributed by atoms with E-state index >= 15 is 0 Å². The van der Waals surface area contributed by atoms with E-state index in [1.807, 2.05) is 24.4 Å². The molecule has 0 radical (unpaired) electrons. The Labute approximate surface area is 121 Å². The van der Waals surface area contributed by atoms with Gasteiger partial charge >= 0.3 is 0 Å². The molecule has 0 saturated heterocycles. The molecule has 3 heteroatoms. The molecule has 0 fully saturated rings. The van der Waals surface area contributed by atoms with Crippen LogP contribution < -0.4 is 0 Å². The minimum absolute atomic E-state index is 0.0326. The summed E-state index contributed by atoms with van der Waals surface area (Å²) >= 11 is 9.95. The van der Waals surface area contributed by atoms with Crippen molar-refractivity contribution in [2.24, 2.45) is 5.92 Å². The van der Waals surface area contributed by atoms with Crippen molar-refractivity contribution < 1.29 is 0 Å². The smallest absolute Gasteiger partial charge is 0.0613 e. The first-order chi connectivity index (χ1) is 8.66. The molecule has 0 aliphatic carbocycles. The second-order valence-electron chi connectivity index (χ2n) is 4.51. The van der Waals surface area contributed by atoms with Crippen molar-refractivity contribution in [3.8, 4) is 0 Å². The lowest BCUT2D eigenvalue weighted by molar-refractivity contribution is 0.557. The van der Waals surface area contributed by atoms with Crippen LogP contribution in [0, 0.1) is 5.92 Å². The van der Waals surface area contributed by atoms with Crippen LogP contribution in [0.4, 0.5) is 0 Å². The van der Waals surface area contributed by atoms with Gasteiger partial charge in [0.15, 0.2) is 0 Å². The van der Waals surface area contributed by atoms with Gasteiger partial charge in [-0.15, -0.1) is 11.6 Å². The number of benzene rings is 1. The Hall–Kier alpha value is -0.860. The summed E-state index contributed by atoms with van der Waals surface area (Å²) in [5, 5.41) is 0.0326. The van der Waals surface area contributed by atoms with Gasteiger partial charge in [0.1, 0.15) is 0 Å². The summed E-state index contributed by atoms with van der Waals surface area (Å²) in [6, 6.07) is 12.3. The Morgan fingerprint density at radius 2 is 1.94 bits per heavy atom. The van der Waals surface area contributed by atoms with Gasteiger partial charge in [-0.2, -0.15) is 0 Å². The molecule has 2 rings (SSSR count). The highest BCUT2D eigenvalue weighted by atomic mass is 79.9. The molecule has 0 N–H and O–H groups in total. The maximum Gasteiger partial charge on any atom is 0.0613 e. The van der Waals surface area contributed by atoms with Crippen molar-refractivity contribution in [2.45, 2.75) is 18.7 Å². The fourth-order valence-corrected chi connectivity index (χ4v) is 2.65. The van der Waals surface area contributed by atoms with Crippen molar-refractivity contribution in [1.82, 2.24) is 4.98 Å². The molecule has 18 heavy (non-hydrogen) atoms. The van der Waals surface area contributed by atoms with E-state index in [2.05, 4.69) is 46.0 Å². The molecular formula is C15H15BrClN. The Bertz CT molecular complexity index is 501. The van der Waals surface area contributed by atoms with Crippen LogP contribution in [0.5, 0.6) is 0 Å². The third-order valence-electron chi connectivity index (χ3n) is 2.94. The zero-order valence-corrected chi connectivity index (χ0v) is 12.5. The summed E-state index contributed by atoms with van der Waals surface area (Å²) < 4.78 is 1.01. The molecule has 0 saturated carbocycles. The highest BCUT2D eigenvalue weighted by Crippen LogP contribution is 2.31. The third kappa shape index (κ3) is 3.56. The molecule has 1 nitrogen and oxygen atoms in total. The van der Waals surface area contributed by atoms with Crippen molar-refractivity contribution in [1.29, 1.82) is 0 Å². The van der Waals surface area contributed by atoms with Crippen LogP contribution in [-0.2, 0) is 6.42 Å². The van der Waals surface area contributed by atoms with Crippen molar-refractivity contribution >= 4 is 27.5 Å². The van der Waals surface area contributed by atoms with Gasteiger partial charge in [-0.25, -0.2) is 0 Å². The van der Waals surface area contributed by atoms with Gasteiger partial charge in [-0.05, 0) is 45.5 Å². The van der Waals surface area contributed by atoms with Crippen molar-refractivity contribution in [3.05, 3.63) is 64.4 Å². The summed E-state index contributed by atoms with van der Waals surface area (Å²) in [7, 11) is 0. The molecule has 0 bridgehead atoms. The molecule has 1 aromatic carbocycles. The number of aromatic nitrogens is 1. The van der Waals surface area contributed by atoms with Crippen LogP contribution in [-0.4, -0.2) is 4.98 Å². The average Bonchev–Trinajstić information content (AvgIpc) is 2.39. The third-order valence-corrected chi connectivity index (χ3v) is 4.05. The lowest BCUT2D eigenvalue weighted by Crippen LogP contribution is -2.07. The number of rotatable bonds is 4. The van der Waals surface area contributed by atoms with Crippen molar-refractivity contribution in [2.75, 3.05) is 0 Å². The molecule has 1 aromatic heterocycles. The molecule has 2 aromatic rings. The Kier molecular flexibility index (Phi) is 4.79. The first kappa shape index (κ1) is 13.6. The highest BCUT2D eigenvalue weighted by molar-refractivity contribution is 9.10. The molecule has 0 aliphatic heterocycles. The summed E-state index contributed by atoms with van der Waals surface area (Å²) in [5.41, 5.74) is 2.38. The predicted molar refractivity (Wildman–Crippen MR) is 79.8 cm³/mol. The van der Waals surface area contributed by atoms with E-state index in [0.29, 0.717) is 5.92 Å². The zero-order chi connectivity index (χ0) is 13.0. The van der Waals surface area contributed by atoms with Gasteiger partial charge in [0, 0.05) is 16.9 Å². The maximum absolute atomic E-state index is 6.51. The van der Waals surface area contributed by atoms with E-state index in [1.54, 1.807) is 6.20 Å². The zero-order valence-electron chi connectivity index (χ0n) is 10.2. The molecule has 0 spiro atoms. The Balaban J connectivity index is 2.06. The Morgan fingerprint density at radius 1 is 1.22 bits per heavy atom. The van der Waals surface area contributed by atoms with E-state index in [1.165, 1.54) is 11.1 Å². The SMILES string of the molecule is CC(Cc1cncc(Br)c1)C(Cl)c1ccccc1. The molecule has 2 atom stereocenters. The summed E-state index contributed by atoms with van der Waals surface area (Å²) in [5.74, 6) is 0.366. The van der Waals surface area contributed by atoms with Gasteiger partial charge in [-0.3, -0.25) is 4.98 Å². The topological polar surface area (TPSA) is 12.9 Å². The van der Waals surface area contributed by atoms with Gasteiger partial charge < -0.3 is 0 Å². The van der Waals surface area contributed by atoms with Gasteiger partial charge in [0.05, 0.1) is 5.38 Å². The van der Waals surface area contributed by atoms with E-state index in [0.717, 1.165) is 10.9 Å². The van der Waals surface area contributed by atoms with E-state index in [9.17, 15) is 0 Å². The highest BCUT2D eigenvalue weighted by Gasteiger charge is 2.16. The number of hydrogen-bond donors (Lipinski definition) is 0.